The maximum absolute atomic E-state index is 10.6. The smallest absolute Gasteiger partial charge is 0.109 e. The van der Waals surface area contributed by atoms with Gasteiger partial charge in [-0.3, -0.25) is 0 Å². The van der Waals surface area contributed by atoms with Crippen molar-refractivity contribution in [2.75, 3.05) is 13.1 Å². The summed E-state index contributed by atoms with van der Waals surface area (Å²) in [5.41, 5.74) is 4.70. The van der Waals surface area contributed by atoms with Crippen LogP contribution < -0.4 is 0 Å². The monoisotopic (exact) mass is 392 g/mol. The lowest BCUT2D eigenvalue weighted by atomic mass is 9.70. The van der Waals surface area contributed by atoms with Gasteiger partial charge in [-0.15, -0.1) is 12.4 Å². The van der Waals surface area contributed by atoms with Gasteiger partial charge in [0.25, 0.3) is 0 Å². The molecule has 3 fully saturated rings. The number of benzene rings is 2. The van der Waals surface area contributed by atoms with E-state index in [2.05, 4.69) is 59.5 Å². The number of piperidine rings is 2. The number of nitrogens with zero attached hydrogens (tertiary/aromatic N) is 2. The molecule has 146 valence electrons. The molecule has 4 aliphatic rings. The van der Waals surface area contributed by atoms with Crippen LogP contribution in [0.4, 0.5) is 0 Å². The first-order valence-corrected chi connectivity index (χ1v) is 10.6. The topological polar surface area (TPSA) is 27.0 Å². The number of nitriles is 1. The van der Waals surface area contributed by atoms with E-state index in [9.17, 15) is 5.26 Å². The van der Waals surface area contributed by atoms with Crippen molar-refractivity contribution >= 4 is 12.4 Å². The molecule has 2 heterocycles. The maximum Gasteiger partial charge on any atom is 0.109 e. The van der Waals surface area contributed by atoms with Gasteiger partial charge >= 0.3 is 0 Å². The van der Waals surface area contributed by atoms with Crippen molar-refractivity contribution in [2.45, 2.75) is 56.4 Å². The van der Waals surface area contributed by atoms with Crippen LogP contribution in [0.15, 0.2) is 48.5 Å². The second kappa shape index (κ2) is 7.90. The Kier molecular flexibility index (Phi) is 5.50. The number of aryl methyl sites for hydroxylation is 2. The van der Waals surface area contributed by atoms with Crippen molar-refractivity contribution in [1.29, 1.82) is 5.26 Å². The molecule has 2 aliphatic heterocycles. The molecule has 2 bridgehead atoms. The van der Waals surface area contributed by atoms with Gasteiger partial charge in [0.1, 0.15) is 5.41 Å². The van der Waals surface area contributed by atoms with E-state index in [-0.39, 0.29) is 12.4 Å². The molecule has 0 spiro atoms. The van der Waals surface area contributed by atoms with Gasteiger partial charge in [0.05, 0.1) is 6.07 Å². The minimum Gasteiger partial charge on any atom is -0.300 e. The van der Waals surface area contributed by atoms with Crippen molar-refractivity contribution in [3.05, 3.63) is 70.8 Å². The summed E-state index contributed by atoms with van der Waals surface area (Å²) in [6.45, 7) is 2.28. The summed E-state index contributed by atoms with van der Waals surface area (Å²) in [4.78, 5) is 2.70. The number of fused-ring (bicyclic) bond motifs is 5. The summed E-state index contributed by atoms with van der Waals surface area (Å²) in [5, 5.41) is 10.6. The Morgan fingerprint density at radius 1 is 0.893 bits per heavy atom. The van der Waals surface area contributed by atoms with Gasteiger partial charge in [0.15, 0.2) is 0 Å². The van der Waals surface area contributed by atoms with E-state index in [0.29, 0.717) is 0 Å². The van der Waals surface area contributed by atoms with Crippen LogP contribution in [0.2, 0.25) is 0 Å². The summed E-state index contributed by atoms with van der Waals surface area (Å²) in [6, 6.07) is 20.9. The SMILES string of the molecule is Cl.N#CC1(CCN2CC3CCC2CC3)c2ccccc2CCc2ccccc21. The highest BCUT2D eigenvalue weighted by Crippen LogP contribution is 2.43. The quantitative estimate of drug-likeness (QED) is 0.710. The molecule has 1 saturated carbocycles. The van der Waals surface area contributed by atoms with Crippen LogP contribution in [0.5, 0.6) is 0 Å². The molecule has 0 amide bonds. The van der Waals surface area contributed by atoms with Gasteiger partial charge in [0, 0.05) is 19.1 Å². The Morgan fingerprint density at radius 3 is 1.96 bits per heavy atom. The first-order chi connectivity index (χ1) is 13.3. The fourth-order valence-electron chi connectivity index (χ4n) is 5.93. The van der Waals surface area contributed by atoms with Crippen LogP contribution in [-0.2, 0) is 18.3 Å². The average molecular weight is 393 g/mol. The lowest BCUT2D eigenvalue weighted by Gasteiger charge is -2.46. The van der Waals surface area contributed by atoms with Crippen molar-refractivity contribution < 1.29 is 0 Å². The highest BCUT2D eigenvalue weighted by Gasteiger charge is 2.41. The number of halogens is 1. The predicted octanol–water partition coefficient (Wildman–Crippen LogP) is 5.28. The van der Waals surface area contributed by atoms with Gasteiger partial charge in [-0.2, -0.15) is 5.26 Å². The molecule has 0 atom stereocenters. The summed E-state index contributed by atoms with van der Waals surface area (Å²) in [7, 11) is 0. The first kappa shape index (κ1) is 19.5. The summed E-state index contributed by atoms with van der Waals surface area (Å²) in [5.74, 6) is 0.891. The van der Waals surface area contributed by atoms with E-state index < -0.39 is 5.41 Å². The average Bonchev–Trinajstić information content (AvgIpc) is 2.88. The van der Waals surface area contributed by atoms with Crippen LogP contribution in [0.1, 0.15) is 54.4 Å². The lowest BCUT2D eigenvalue weighted by Crippen LogP contribution is -2.49. The van der Waals surface area contributed by atoms with Gasteiger partial charge in [-0.05, 0) is 73.1 Å². The lowest BCUT2D eigenvalue weighted by molar-refractivity contribution is 0.0458. The number of hydrogen-bond donors (Lipinski definition) is 0. The van der Waals surface area contributed by atoms with Crippen molar-refractivity contribution in [2.24, 2.45) is 5.92 Å². The van der Waals surface area contributed by atoms with E-state index >= 15 is 0 Å². The van der Waals surface area contributed by atoms with Gasteiger partial charge < -0.3 is 4.90 Å². The highest BCUT2D eigenvalue weighted by atomic mass is 35.5. The molecule has 2 saturated heterocycles. The minimum atomic E-state index is -0.514. The molecule has 6 rings (SSSR count). The zero-order chi connectivity index (χ0) is 18.3. The molecule has 0 radical (unpaired) electrons. The molecule has 2 aromatic rings. The molecule has 3 heteroatoms. The van der Waals surface area contributed by atoms with E-state index in [1.807, 2.05) is 0 Å². The third-order valence-electron chi connectivity index (χ3n) is 7.41. The van der Waals surface area contributed by atoms with E-state index in [0.717, 1.165) is 37.8 Å². The number of rotatable bonds is 3. The van der Waals surface area contributed by atoms with Crippen molar-refractivity contribution in [3.63, 3.8) is 0 Å². The second-order valence-electron chi connectivity index (χ2n) is 8.75. The van der Waals surface area contributed by atoms with Crippen LogP contribution in [0.3, 0.4) is 0 Å². The minimum absolute atomic E-state index is 0. The highest BCUT2D eigenvalue weighted by molar-refractivity contribution is 5.85. The second-order valence-corrected chi connectivity index (χ2v) is 8.75. The number of hydrogen-bond acceptors (Lipinski definition) is 2. The first-order valence-electron chi connectivity index (χ1n) is 10.6. The normalized spacial score (nSPS) is 25.0. The van der Waals surface area contributed by atoms with Gasteiger partial charge in [-0.25, -0.2) is 0 Å². The Labute approximate surface area is 175 Å². The molecule has 0 unspecified atom stereocenters. The van der Waals surface area contributed by atoms with Gasteiger partial charge in [0.2, 0.25) is 0 Å². The van der Waals surface area contributed by atoms with Crippen molar-refractivity contribution in [1.82, 2.24) is 4.90 Å². The largest absolute Gasteiger partial charge is 0.300 e. The maximum atomic E-state index is 10.6. The Morgan fingerprint density at radius 2 is 1.46 bits per heavy atom. The zero-order valence-electron chi connectivity index (χ0n) is 16.4. The molecule has 2 aromatic carbocycles. The van der Waals surface area contributed by atoms with E-state index in [1.165, 1.54) is 54.5 Å². The van der Waals surface area contributed by atoms with E-state index in [4.69, 9.17) is 0 Å². The standard InChI is InChI=1S/C25H28N2.ClH/c26-18-25(15-16-27-17-19-9-13-22(27)14-10-19)23-7-3-1-5-20(23)11-12-21-6-2-4-8-24(21)25;/h1-8,19,22H,9-17H2;1H. The fraction of sp³-hybridized carbons (Fsp3) is 0.480. The fourth-order valence-corrected chi connectivity index (χ4v) is 5.93. The van der Waals surface area contributed by atoms with Crippen LogP contribution in [0.25, 0.3) is 0 Å². The third kappa shape index (κ3) is 3.15. The molecule has 2 aliphatic carbocycles. The molecule has 28 heavy (non-hydrogen) atoms. The molecule has 0 N–H and O–H groups in total. The van der Waals surface area contributed by atoms with E-state index in [1.54, 1.807) is 0 Å². The summed E-state index contributed by atoms with van der Waals surface area (Å²) < 4.78 is 0. The summed E-state index contributed by atoms with van der Waals surface area (Å²) in [6.07, 6.45) is 8.51. The third-order valence-corrected chi connectivity index (χ3v) is 7.41. The Bertz CT molecular complexity index is 829. The summed E-state index contributed by atoms with van der Waals surface area (Å²) >= 11 is 0. The molecule has 0 aromatic heterocycles. The van der Waals surface area contributed by atoms with Crippen LogP contribution in [0, 0.1) is 17.2 Å². The molecular formula is C25H29ClN2. The zero-order valence-corrected chi connectivity index (χ0v) is 17.3. The van der Waals surface area contributed by atoms with Crippen LogP contribution >= 0.6 is 12.4 Å². The molecular weight excluding hydrogens is 364 g/mol. The van der Waals surface area contributed by atoms with Gasteiger partial charge in [-0.1, -0.05) is 48.5 Å². The van der Waals surface area contributed by atoms with Crippen molar-refractivity contribution in [3.8, 4) is 6.07 Å². The predicted molar refractivity (Wildman–Crippen MR) is 116 cm³/mol. The van der Waals surface area contributed by atoms with Crippen LogP contribution in [-0.4, -0.2) is 24.0 Å². The Balaban J connectivity index is 0.00000192. The molecule has 2 nitrogen and oxygen atoms in total. The Hall–Kier alpha value is -1.82.